The van der Waals surface area contributed by atoms with Gasteiger partial charge in [0, 0.05) is 6.20 Å². The van der Waals surface area contributed by atoms with Gasteiger partial charge in [-0.25, -0.2) is 0 Å². The van der Waals surface area contributed by atoms with E-state index in [-0.39, 0.29) is 16.3 Å². The summed E-state index contributed by atoms with van der Waals surface area (Å²) in [5.74, 6) is 0. The highest BCUT2D eigenvalue weighted by molar-refractivity contribution is 6.74. The number of rotatable bonds is 4. The molecule has 2 N–H and O–H groups in total. The van der Waals surface area contributed by atoms with Gasteiger partial charge in [-0.05, 0) is 38.0 Å². The highest BCUT2D eigenvalue weighted by atomic mass is 28.4. The molecule has 0 radical (unpaired) electrons. The molecule has 1 aromatic rings. The molecule has 1 aliphatic heterocycles. The third kappa shape index (κ3) is 4.07. The van der Waals surface area contributed by atoms with Crippen molar-refractivity contribution in [2.75, 3.05) is 0 Å². The van der Waals surface area contributed by atoms with E-state index in [1.54, 1.807) is 6.92 Å². The fraction of sp³-hybridized carbons (Fsp3) is 0.722. The smallest absolute Gasteiger partial charge is 0.293 e. The Balaban J connectivity index is 2.55. The van der Waals surface area contributed by atoms with Gasteiger partial charge in [0.05, 0.1) is 16.6 Å². The lowest BCUT2D eigenvalue weighted by Crippen LogP contribution is -2.64. The molecule has 2 heterocycles. The van der Waals surface area contributed by atoms with Crippen molar-refractivity contribution in [3.63, 3.8) is 0 Å². The lowest BCUT2D eigenvalue weighted by Gasteiger charge is -2.51. The predicted octanol–water partition coefficient (Wildman–Crippen LogP) is 2.95. The first kappa shape index (κ1) is 21.9. The summed E-state index contributed by atoms with van der Waals surface area (Å²) >= 11 is 0. The molecule has 0 bridgehead atoms. The average Bonchev–Trinajstić information content (AvgIpc) is 2.54. The largest absolute Gasteiger partial charge is 0.408 e. The van der Waals surface area contributed by atoms with Gasteiger partial charge in [-0.2, -0.15) is 0 Å². The number of hydrogen-bond donors (Lipinski definition) is 2. The first-order valence-electron chi connectivity index (χ1n) is 9.02. The highest BCUT2D eigenvalue weighted by Gasteiger charge is 2.55. The number of aliphatic hydroxyl groups excluding tert-OH is 1. The number of nitro groups is 1. The molecule has 152 valence electrons. The molecule has 8 nitrogen and oxygen atoms in total. The fourth-order valence-electron chi connectivity index (χ4n) is 2.86. The summed E-state index contributed by atoms with van der Waals surface area (Å²) < 4.78 is 12.4. The van der Waals surface area contributed by atoms with Gasteiger partial charge in [0.1, 0.15) is 30.1 Å². The normalized spacial score (nSPS) is 32.3. The summed E-state index contributed by atoms with van der Waals surface area (Å²) in [5.41, 5.74) is -1.47. The van der Waals surface area contributed by atoms with Crippen LogP contribution in [0.3, 0.4) is 0 Å². The Morgan fingerprint density at radius 1 is 1.41 bits per heavy atom. The van der Waals surface area contributed by atoms with Crippen LogP contribution in [0, 0.1) is 10.1 Å². The van der Waals surface area contributed by atoms with Crippen LogP contribution < -0.4 is 0 Å². The van der Waals surface area contributed by atoms with Crippen LogP contribution >= 0.6 is 0 Å². The molecule has 0 aromatic carbocycles. The van der Waals surface area contributed by atoms with Crippen LogP contribution in [0.1, 0.15) is 46.3 Å². The molecule has 1 saturated heterocycles. The van der Waals surface area contributed by atoms with E-state index in [1.807, 2.05) is 13.1 Å². The van der Waals surface area contributed by atoms with E-state index < -0.39 is 43.3 Å². The van der Waals surface area contributed by atoms with Crippen molar-refractivity contribution in [2.45, 2.75) is 82.8 Å². The number of pyridine rings is 1. The SMILES string of the molecule is C[C@H]1O[C@@H](c2ccncc2[N+](=O)[O-])[C@H](O[Si](C)(C)C(C)(C)C)[C@@H](O)[C@]1(C)O. The zero-order valence-electron chi connectivity index (χ0n) is 17.0. The average molecular weight is 399 g/mol. The van der Waals surface area contributed by atoms with Crippen molar-refractivity contribution in [1.82, 2.24) is 4.98 Å². The molecular weight excluding hydrogens is 368 g/mol. The van der Waals surface area contributed by atoms with E-state index in [1.165, 1.54) is 19.2 Å². The van der Waals surface area contributed by atoms with Gasteiger partial charge in [0.2, 0.25) is 0 Å². The molecule has 0 spiro atoms. The molecular formula is C18H30N2O6Si. The third-order valence-corrected chi connectivity index (χ3v) is 10.4. The molecule has 0 unspecified atom stereocenters. The summed E-state index contributed by atoms with van der Waals surface area (Å²) in [4.78, 5) is 14.8. The number of aromatic nitrogens is 1. The summed E-state index contributed by atoms with van der Waals surface area (Å²) in [6.07, 6.45) is -1.26. The van der Waals surface area contributed by atoms with Crippen molar-refractivity contribution in [2.24, 2.45) is 0 Å². The highest BCUT2D eigenvalue weighted by Crippen LogP contribution is 2.45. The maximum atomic E-state index is 11.5. The Morgan fingerprint density at radius 3 is 2.52 bits per heavy atom. The Hall–Kier alpha value is -1.39. The van der Waals surface area contributed by atoms with Gasteiger partial charge < -0.3 is 19.4 Å². The summed E-state index contributed by atoms with van der Waals surface area (Å²) in [5, 5.41) is 33.0. The van der Waals surface area contributed by atoms with E-state index >= 15 is 0 Å². The summed E-state index contributed by atoms with van der Waals surface area (Å²) in [7, 11) is -2.37. The van der Waals surface area contributed by atoms with E-state index in [2.05, 4.69) is 25.8 Å². The molecule has 0 saturated carbocycles. The number of nitrogens with zero attached hydrogens (tertiary/aromatic N) is 2. The van der Waals surface area contributed by atoms with Crippen molar-refractivity contribution >= 4 is 14.0 Å². The van der Waals surface area contributed by atoms with E-state index in [0.717, 1.165) is 6.20 Å². The molecule has 9 heteroatoms. The van der Waals surface area contributed by atoms with E-state index in [4.69, 9.17) is 9.16 Å². The molecule has 2 rings (SSSR count). The molecule has 1 aliphatic rings. The zero-order valence-corrected chi connectivity index (χ0v) is 18.0. The number of ether oxygens (including phenoxy) is 1. The second-order valence-electron chi connectivity index (χ2n) is 8.90. The molecule has 1 fully saturated rings. The quantitative estimate of drug-likeness (QED) is 0.455. The first-order valence-corrected chi connectivity index (χ1v) is 11.9. The Bertz CT molecular complexity index is 703. The minimum Gasteiger partial charge on any atom is -0.408 e. The standard InChI is InChI=1S/C18H30N2O6Si/c1-11-18(5,22)16(21)15(26-27(6,7)17(2,3)4)14(25-11)12-8-9-19-10-13(12)20(23)24/h8-11,14-16,21-22H,1-7H3/t11-,14+,15+,16-,18-/m1/s1. The Kier molecular flexibility index (Phi) is 5.85. The van der Waals surface area contributed by atoms with E-state index in [9.17, 15) is 20.3 Å². The van der Waals surface area contributed by atoms with Crippen molar-refractivity contribution < 1.29 is 24.3 Å². The monoisotopic (exact) mass is 398 g/mol. The predicted molar refractivity (Wildman–Crippen MR) is 103 cm³/mol. The van der Waals surface area contributed by atoms with Crippen LogP contribution in [0.5, 0.6) is 0 Å². The van der Waals surface area contributed by atoms with Gasteiger partial charge in [-0.3, -0.25) is 15.1 Å². The van der Waals surface area contributed by atoms with Gasteiger partial charge in [0.25, 0.3) is 5.69 Å². The fourth-order valence-corrected chi connectivity index (χ4v) is 4.14. The van der Waals surface area contributed by atoms with Crippen LogP contribution in [0.4, 0.5) is 5.69 Å². The minimum absolute atomic E-state index is 0.156. The molecule has 0 amide bonds. The maximum absolute atomic E-state index is 11.5. The van der Waals surface area contributed by atoms with E-state index in [0.29, 0.717) is 0 Å². The van der Waals surface area contributed by atoms with Crippen LogP contribution in [0.2, 0.25) is 18.1 Å². The lowest BCUT2D eigenvalue weighted by molar-refractivity contribution is -0.387. The van der Waals surface area contributed by atoms with Crippen LogP contribution in [-0.4, -0.2) is 52.4 Å². The van der Waals surface area contributed by atoms with Crippen LogP contribution in [0.15, 0.2) is 18.5 Å². The third-order valence-electron chi connectivity index (χ3n) is 5.96. The second kappa shape index (κ2) is 7.21. The minimum atomic E-state index is -2.37. The van der Waals surface area contributed by atoms with Gasteiger partial charge >= 0.3 is 0 Å². The van der Waals surface area contributed by atoms with Crippen LogP contribution in [0.25, 0.3) is 0 Å². The summed E-state index contributed by atoms with van der Waals surface area (Å²) in [6.45, 7) is 13.3. The van der Waals surface area contributed by atoms with Crippen molar-refractivity contribution in [1.29, 1.82) is 0 Å². The van der Waals surface area contributed by atoms with Gasteiger partial charge in [-0.1, -0.05) is 20.8 Å². The van der Waals surface area contributed by atoms with Crippen molar-refractivity contribution in [3.05, 3.63) is 34.1 Å². The Morgan fingerprint density at radius 2 is 2.00 bits per heavy atom. The topological polar surface area (TPSA) is 115 Å². The van der Waals surface area contributed by atoms with Gasteiger partial charge in [-0.15, -0.1) is 0 Å². The number of hydrogen-bond acceptors (Lipinski definition) is 7. The zero-order chi connectivity index (χ0) is 20.8. The first-order chi connectivity index (χ1) is 12.2. The van der Waals surface area contributed by atoms with Crippen LogP contribution in [-0.2, 0) is 9.16 Å². The van der Waals surface area contributed by atoms with Crippen molar-refractivity contribution in [3.8, 4) is 0 Å². The van der Waals surface area contributed by atoms with Gasteiger partial charge in [0.15, 0.2) is 8.32 Å². The maximum Gasteiger partial charge on any atom is 0.293 e. The molecule has 27 heavy (non-hydrogen) atoms. The Labute approximate surface area is 160 Å². The summed E-state index contributed by atoms with van der Waals surface area (Å²) in [6, 6.07) is 1.50. The number of aliphatic hydroxyl groups is 2. The lowest BCUT2D eigenvalue weighted by atomic mass is 9.82. The molecule has 5 atom stereocenters. The molecule has 0 aliphatic carbocycles. The second-order valence-corrected chi connectivity index (χ2v) is 13.7. The molecule has 1 aromatic heterocycles.